The molecule has 0 saturated carbocycles. The lowest BCUT2D eigenvalue weighted by Gasteiger charge is -2.21. The Morgan fingerprint density at radius 1 is 1.00 bits per heavy atom. The molecule has 4 unspecified atom stereocenters. The molecule has 7 N–H and O–H groups in total. The first-order chi connectivity index (χ1) is 15.3. The highest BCUT2D eigenvalue weighted by atomic mass is 16.3. The summed E-state index contributed by atoms with van der Waals surface area (Å²) in [6, 6.07) is -0.610. The van der Waals surface area contributed by atoms with E-state index in [4.69, 9.17) is 15.6 Å². The van der Waals surface area contributed by atoms with Gasteiger partial charge >= 0.3 is 0 Å². The number of primary amides is 1. The summed E-state index contributed by atoms with van der Waals surface area (Å²) in [5.74, 6) is 2.04. The first-order valence-electron chi connectivity index (χ1n) is 12.3. The van der Waals surface area contributed by atoms with Crippen LogP contribution in [0.25, 0.3) is 0 Å². The number of carbonyl (C=O) groups excluding carboxylic acids is 3. The second-order valence-corrected chi connectivity index (χ2v) is 9.29. The highest BCUT2D eigenvalue weighted by molar-refractivity contribution is 5.90. The zero-order valence-electron chi connectivity index (χ0n) is 23.1. The van der Waals surface area contributed by atoms with E-state index in [9.17, 15) is 9.59 Å². The quantitative estimate of drug-likeness (QED) is 0.274. The molecule has 4 atom stereocenters. The maximum absolute atomic E-state index is 11.6. The average Bonchev–Trinajstić information content (AvgIpc) is 2.71. The van der Waals surface area contributed by atoms with Crippen LogP contribution in [0.4, 0.5) is 0 Å². The number of aliphatic hydroxyl groups excluding tert-OH is 1. The number of ketones is 1. The second-order valence-electron chi connectivity index (χ2n) is 9.29. The normalized spacial score (nSPS) is 13.6. The van der Waals surface area contributed by atoms with E-state index in [-0.39, 0.29) is 37.0 Å². The van der Waals surface area contributed by atoms with Gasteiger partial charge in [-0.15, -0.1) is 0 Å². The lowest BCUT2D eigenvalue weighted by Crippen LogP contribution is -2.47. The highest BCUT2D eigenvalue weighted by Crippen LogP contribution is 2.18. The number of nitrogens with one attached hydrogen (secondary N) is 2. The molecule has 0 aliphatic carbocycles. The number of aliphatic hydroxyl groups is 1. The predicted octanol–water partition coefficient (Wildman–Crippen LogP) is 2.86. The van der Waals surface area contributed by atoms with Crippen molar-refractivity contribution in [2.75, 3.05) is 20.1 Å². The SMILES string of the molecule is CC(O)CCC(=O)NC(CN)C(=O)C(C)C.CCC.CNCC(C)C(C)CC(C)C.NC=O. The van der Waals surface area contributed by atoms with Gasteiger partial charge < -0.3 is 27.2 Å². The van der Waals surface area contributed by atoms with Crippen LogP contribution in [-0.2, 0) is 14.4 Å². The van der Waals surface area contributed by atoms with Crippen LogP contribution < -0.4 is 22.1 Å². The molecule has 2 amide bonds. The number of carbonyl (C=O) groups is 3. The lowest BCUT2D eigenvalue weighted by molar-refractivity contribution is -0.129. The molecule has 0 rings (SSSR count). The fraction of sp³-hybridized carbons (Fsp3) is 0.880. The van der Waals surface area contributed by atoms with Crippen molar-refractivity contribution in [3.8, 4) is 0 Å². The van der Waals surface area contributed by atoms with Crippen molar-refractivity contribution in [1.82, 2.24) is 10.6 Å². The van der Waals surface area contributed by atoms with Crippen LogP contribution in [0, 0.1) is 23.7 Å². The van der Waals surface area contributed by atoms with Gasteiger partial charge in [0.15, 0.2) is 5.78 Å². The third-order valence-corrected chi connectivity index (χ3v) is 4.61. The maximum Gasteiger partial charge on any atom is 0.220 e. The average molecular weight is 477 g/mol. The van der Waals surface area contributed by atoms with E-state index >= 15 is 0 Å². The van der Waals surface area contributed by atoms with E-state index in [2.05, 4.69) is 57.9 Å². The standard InChI is InChI=1S/C11H22N2O3.C10H23N.C3H8.CH3NO/c1-7(2)11(16)9(6-12)13-10(15)5-4-8(3)14;1-8(2)6-9(3)10(4)7-11-5;1-3-2;2-1-3/h7-9,14H,4-6,12H2,1-3H3,(H,13,15);8-11H,6-7H2,1-5H3;3H2,1-2H3;1H,(H2,2,3). The van der Waals surface area contributed by atoms with Crippen molar-refractivity contribution in [1.29, 1.82) is 0 Å². The van der Waals surface area contributed by atoms with Crippen molar-refractivity contribution in [3.63, 3.8) is 0 Å². The molecule has 0 spiro atoms. The van der Waals surface area contributed by atoms with E-state index in [1.807, 2.05) is 7.05 Å². The van der Waals surface area contributed by atoms with Gasteiger partial charge in [-0.2, -0.15) is 0 Å². The molecule has 0 aromatic rings. The summed E-state index contributed by atoms with van der Waals surface area (Å²) < 4.78 is 0. The second kappa shape index (κ2) is 26.7. The van der Waals surface area contributed by atoms with Crippen LogP contribution in [0.1, 0.15) is 88.0 Å². The van der Waals surface area contributed by atoms with Gasteiger partial charge in [-0.1, -0.05) is 61.8 Å². The molecular weight excluding hydrogens is 420 g/mol. The minimum absolute atomic E-state index is 0.0621. The van der Waals surface area contributed by atoms with Crippen LogP contribution in [0.2, 0.25) is 0 Å². The van der Waals surface area contributed by atoms with Crippen molar-refractivity contribution in [2.24, 2.45) is 35.1 Å². The van der Waals surface area contributed by atoms with E-state index < -0.39 is 12.1 Å². The first kappa shape index (κ1) is 38.7. The van der Waals surface area contributed by atoms with Crippen molar-refractivity contribution >= 4 is 18.1 Å². The molecule has 0 aliphatic heterocycles. The molecule has 0 radical (unpaired) electrons. The van der Waals surface area contributed by atoms with Gasteiger partial charge in [0.25, 0.3) is 0 Å². The number of hydrogen-bond donors (Lipinski definition) is 5. The van der Waals surface area contributed by atoms with Crippen LogP contribution in [0.3, 0.4) is 0 Å². The third kappa shape index (κ3) is 30.5. The van der Waals surface area contributed by atoms with E-state index in [0.717, 1.165) is 24.3 Å². The predicted molar refractivity (Wildman–Crippen MR) is 140 cm³/mol. The van der Waals surface area contributed by atoms with Crippen molar-refractivity contribution in [2.45, 2.75) is 100 Å². The molecule has 0 aromatic heterocycles. The molecule has 8 heteroatoms. The number of hydrogen-bond acceptors (Lipinski definition) is 6. The van der Waals surface area contributed by atoms with Gasteiger partial charge in [-0.3, -0.25) is 14.4 Å². The van der Waals surface area contributed by atoms with Gasteiger partial charge in [0.05, 0.1) is 12.1 Å². The smallest absolute Gasteiger partial charge is 0.220 e. The third-order valence-electron chi connectivity index (χ3n) is 4.61. The Kier molecular flexibility index (Phi) is 31.4. The molecule has 0 saturated heterocycles. The van der Waals surface area contributed by atoms with Gasteiger partial charge in [0, 0.05) is 18.9 Å². The minimum Gasteiger partial charge on any atom is -0.393 e. The summed E-state index contributed by atoms with van der Waals surface area (Å²) in [6.45, 7) is 19.9. The zero-order chi connectivity index (χ0) is 27.0. The van der Waals surface area contributed by atoms with E-state index in [0.29, 0.717) is 6.42 Å². The van der Waals surface area contributed by atoms with Gasteiger partial charge in [0.2, 0.25) is 12.3 Å². The molecule has 0 fully saturated rings. The summed E-state index contributed by atoms with van der Waals surface area (Å²) in [5, 5.41) is 14.8. The molecule has 0 heterocycles. The van der Waals surface area contributed by atoms with Gasteiger partial charge in [-0.05, 0) is 51.1 Å². The van der Waals surface area contributed by atoms with Gasteiger partial charge in [-0.25, -0.2) is 0 Å². The van der Waals surface area contributed by atoms with Crippen LogP contribution in [0.5, 0.6) is 0 Å². The highest BCUT2D eigenvalue weighted by Gasteiger charge is 2.21. The fourth-order valence-electron chi connectivity index (χ4n) is 2.75. The minimum atomic E-state index is -0.610. The molecule has 0 aliphatic rings. The number of Topliss-reactive ketones (excluding diaryl/α,β-unsaturated/α-hetero) is 1. The Bertz CT molecular complexity index is 458. The van der Waals surface area contributed by atoms with Crippen molar-refractivity contribution < 1.29 is 19.5 Å². The Balaban J connectivity index is -0.000000213. The number of nitrogens with two attached hydrogens (primary N) is 2. The number of rotatable bonds is 12. The summed E-state index contributed by atoms with van der Waals surface area (Å²) in [6.07, 6.45) is 2.93. The van der Waals surface area contributed by atoms with Gasteiger partial charge in [0.1, 0.15) is 0 Å². The molecular formula is C25H56N4O4. The molecule has 33 heavy (non-hydrogen) atoms. The topological polar surface area (TPSA) is 148 Å². The zero-order valence-corrected chi connectivity index (χ0v) is 23.1. The lowest BCUT2D eigenvalue weighted by atomic mass is 9.88. The fourth-order valence-corrected chi connectivity index (χ4v) is 2.75. The van der Waals surface area contributed by atoms with Crippen LogP contribution in [-0.4, -0.2) is 55.5 Å². The van der Waals surface area contributed by atoms with Crippen molar-refractivity contribution in [3.05, 3.63) is 0 Å². The summed E-state index contributed by atoms with van der Waals surface area (Å²) in [5.41, 5.74) is 9.60. The largest absolute Gasteiger partial charge is 0.393 e. The Hall–Kier alpha value is -1.51. The van der Waals surface area contributed by atoms with Crippen LogP contribution in [0.15, 0.2) is 0 Å². The summed E-state index contributed by atoms with van der Waals surface area (Å²) in [4.78, 5) is 31.6. The summed E-state index contributed by atoms with van der Waals surface area (Å²) in [7, 11) is 2.03. The first-order valence-corrected chi connectivity index (χ1v) is 12.3. The van der Waals surface area contributed by atoms with E-state index in [1.165, 1.54) is 12.8 Å². The van der Waals surface area contributed by atoms with Crippen LogP contribution >= 0.6 is 0 Å². The Labute approximate surface area is 204 Å². The molecule has 0 aromatic carbocycles. The molecule has 0 bridgehead atoms. The number of amides is 2. The van der Waals surface area contributed by atoms with E-state index in [1.54, 1.807) is 20.8 Å². The maximum atomic E-state index is 11.6. The molecule has 8 nitrogen and oxygen atoms in total. The summed E-state index contributed by atoms with van der Waals surface area (Å²) >= 11 is 0. The Morgan fingerprint density at radius 2 is 1.45 bits per heavy atom. The monoisotopic (exact) mass is 476 g/mol. The Morgan fingerprint density at radius 3 is 1.76 bits per heavy atom. The molecule has 200 valence electrons.